The summed E-state index contributed by atoms with van der Waals surface area (Å²) >= 11 is 0. The largest absolute Gasteiger partial charge is 0.380 e. The SMILES string of the molecule is Cc1cc(C(=O)N/N=C(\N)c2cnccn2)n[nH]1. The average Bonchev–Trinajstić information content (AvgIpc) is 2.83. The number of aromatic nitrogens is 4. The zero-order valence-corrected chi connectivity index (χ0v) is 9.58. The smallest absolute Gasteiger partial charge is 0.291 e. The highest BCUT2D eigenvalue weighted by atomic mass is 16.2. The Morgan fingerprint density at radius 3 is 2.89 bits per heavy atom. The highest BCUT2D eigenvalue weighted by Crippen LogP contribution is 1.97. The van der Waals surface area contributed by atoms with Crippen molar-refractivity contribution in [2.75, 3.05) is 0 Å². The van der Waals surface area contributed by atoms with Gasteiger partial charge in [-0.25, -0.2) is 10.4 Å². The quantitative estimate of drug-likeness (QED) is 0.384. The van der Waals surface area contributed by atoms with Crippen LogP contribution in [-0.2, 0) is 0 Å². The third-order valence-corrected chi connectivity index (χ3v) is 2.04. The summed E-state index contributed by atoms with van der Waals surface area (Å²) < 4.78 is 0. The van der Waals surface area contributed by atoms with Crippen molar-refractivity contribution in [2.24, 2.45) is 10.8 Å². The summed E-state index contributed by atoms with van der Waals surface area (Å²) in [5.41, 5.74) is 9.32. The van der Waals surface area contributed by atoms with Gasteiger partial charge in [-0.05, 0) is 13.0 Å². The lowest BCUT2D eigenvalue weighted by Gasteiger charge is -1.99. The highest BCUT2D eigenvalue weighted by molar-refractivity contribution is 5.98. The summed E-state index contributed by atoms with van der Waals surface area (Å²) in [5, 5.41) is 10.2. The molecular formula is C10H11N7O. The Hall–Kier alpha value is -2.77. The van der Waals surface area contributed by atoms with Gasteiger partial charge in [-0.15, -0.1) is 0 Å². The Morgan fingerprint density at radius 1 is 1.44 bits per heavy atom. The maximum absolute atomic E-state index is 11.6. The average molecular weight is 245 g/mol. The fraction of sp³-hybridized carbons (Fsp3) is 0.100. The van der Waals surface area contributed by atoms with Crippen LogP contribution in [0.1, 0.15) is 21.9 Å². The van der Waals surface area contributed by atoms with E-state index in [0.717, 1.165) is 5.69 Å². The molecule has 0 aliphatic heterocycles. The van der Waals surface area contributed by atoms with Crippen LogP contribution in [0.15, 0.2) is 29.8 Å². The normalized spacial score (nSPS) is 11.3. The number of amidine groups is 1. The summed E-state index contributed by atoms with van der Waals surface area (Å²) in [5.74, 6) is -0.380. The third kappa shape index (κ3) is 2.67. The van der Waals surface area contributed by atoms with Gasteiger partial charge in [0.25, 0.3) is 5.91 Å². The number of nitrogens with one attached hydrogen (secondary N) is 2. The summed E-state index contributed by atoms with van der Waals surface area (Å²) in [4.78, 5) is 19.4. The molecule has 1 amide bonds. The predicted molar refractivity (Wildman–Crippen MR) is 63.5 cm³/mol. The minimum atomic E-state index is -0.453. The Kier molecular flexibility index (Phi) is 3.28. The minimum absolute atomic E-state index is 0.0729. The standard InChI is InChI=1S/C10H11N7O/c1-6-4-7(15-14-6)10(18)17-16-9(11)8-5-12-2-3-13-8/h2-5H,1H3,(H2,11,16)(H,14,15)(H,17,18). The van der Waals surface area contributed by atoms with Gasteiger partial charge in [-0.3, -0.25) is 14.9 Å². The van der Waals surface area contributed by atoms with Crippen LogP contribution in [0, 0.1) is 6.92 Å². The number of aryl methyl sites for hydroxylation is 1. The summed E-state index contributed by atoms with van der Waals surface area (Å²) in [6.07, 6.45) is 4.45. The Labute approximate surface area is 102 Å². The Balaban J connectivity index is 2.05. The third-order valence-electron chi connectivity index (χ3n) is 2.04. The first-order valence-corrected chi connectivity index (χ1v) is 5.08. The van der Waals surface area contributed by atoms with Gasteiger partial charge in [0.2, 0.25) is 0 Å². The number of hydrogen-bond acceptors (Lipinski definition) is 5. The van der Waals surface area contributed by atoms with Crippen molar-refractivity contribution in [3.8, 4) is 0 Å². The maximum atomic E-state index is 11.6. The molecule has 0 radical (unpaired) electrons. The Bertz CT molecular complexity index is 575. The molecule has 0 unspecified atom stereocenters. The van der Waals surface area contributed by atoms with E-state index in [2.05, 4.69) is 30.7 Å². The van der Waals surface area contributed by atoms with E-state index in [9.17, 15) is 4.79 Å². The van der Waals surface area contributed by atoms with Crippen molar-refractivity contribution >= 4 is 11.7 Å². The first kappa shape index (κ1) is 11.7. The first-order chi connectivity index (χ1) is 8.66. The zero-order valence-electron chi connectivity index (χ0n) is 9.58. The van der Waals surface area contributed by atoms with Crippen LogP contribution in [0.4, 0.5) is 0 Å². The molecular weight excluding hydrogens is 234 g/mol. The van der Waals surface area contributed by atoms with Crippen molar-refractivity contribution < 1.29 is 4.79 Å². The molecule has 0 spiro atoms. The van der Waals surface area contributed by atoms with E-state index in [-0.39, 0.29) is 11.5 Å². The second kappa shape index (κ2) is 5.04. The van der Waals surface area contributed by atoms with E-state index >= 15 is 0 Å². The minimum Gasteiger partial charge on any atom is -0.380 e. The van der Waals surface area contributed by atoms with Crippen LogP contribution in [0.2, 0.25) is 0 Å². The lowest BCUT2D eigenvalue weighted by molar-refractivity contribution is 0.0950. The fourth-order valence-corrected chi connectivity index (χ4v) is 1.19. The molecule has 4 N–H and O–H groups in total. The van der Waals surface area contributed by atoms with Crippen molar-refractivity contribution in [2.45, 2.75) is 6.92 Å². The highest BCUT2D eigenvalue weighted by Gasteiger charge is 2.08. The topological polar surface area (TPSA) is 122 Å². The first-order valence-electron chi connectivity index (χ1n) is 5.08. The molecule has 92 valence electrons. The molecule has 18 heavy (non-hydrogen) atoms. The molecule has 0 saturated carbocycles. The van der Waals surface area contributed by atoms with E-state index in [1.54, 1.807) is 13.0 Å². The molecule has 0 saturated heterocycles. The molecule has 0 atom stereocenters. The second-order valence-electron chi connectivity index (χ2n) is 3.46. The van der Waals surface area contributed by atoms with Gasteiger partial charge in [-0.1, -0.05) is 0 Å². The van der Waals surface area contributed by atoms with Gasteiger partial charge >= 0.3 is 0 Å². The molecule has 2 rings (SSSR count). The van der Waals surface area contributed by atoms with E-state index < -0.39 is 5.91 Å². The number of H-pyrrole nitrogens is 1. The summed E-state index contributed by atoms with van der Waals surface area (Å²) in [6, 6.07) is 1.60. The van der Waals surface area contributed by atoms with E-state index in [0.29, 0.717) is 5.69 Å². The molecule has 0 fully saturated rings. The van der Waals surface area contributed by atoms with Crippen LogP contribution < -0.4 is 11.2 Å². The number of hydrogen-bond donors (Lipinski definition) is 3. The van der Waals surface area contributed by atoms with Crippen molar-refractivity contribution in [1.29, 1.82) is 0 Å². The zero-order chi connectivity index (χ0) is 13.0. The number of rotatable bonds is 3. The summed E-state index contributed by atoms with van der Waals surface area (Å²) in [7, 11) is 0. The number of aromatic amines is 1. The van der Waals surface area contributed by atoms with Crippen LogP contribution in [0.5, 0.6) is 0 Å². The molecule has 8 heteroatoms. The maximum Gasteiger partial charge on any atom is 0.291 e. The number of nitrogens with zero attached hydrogens (tertiary/aromatic N) is 4. The number of hydrazone groups is 1. The van der Waals surface area contributed by atoms with E-state index in [4.69, 9.17) is 5.73 Å². The Morgan fingerprint density at radius 2 is 2.28 bits per heavy atom. The molecule has 2 aromatic rings. The van der Waals surface area contributed by atoms with Gasteiger partial charge in [0.1, 0.15) is 5.69 Å². The lowest BCUT2D eigenvalue weighted by atomic mass is 10.4. The van der Waals surface area contributed by atoms with Crippen molar-refractivity contribution in [1.82, 2.24) is 25.6 Å². The summed E-state index contributed by atoms with van der Waals surface area (Å²) in [6.45, 7) is 1.79. The van der Waals surface area contributed by atoms with E-state index in [1.165, 1.54) is 18.6 Å². The van der Waals surface area contributed by atoms with Crippen molar-refractivity contribution in [3.63, 3.8) is 0 Å². The molecule has 2 aromatic heterocycles. The van der Waals surface area contributed by atoms with E-state index in [1.807, 2.05) is 0 Å². The molecule has 0 aliphatic rings. The molecule has 2 heterocycles. The van der Waals surface area contributed by atoms with Gasteiger partial charge < -0.3 is 5.73 Å². The van der Waals surface area contributed by atoms with Crippen LogP contribution in [0.25, 0.3) is 0 Å². The molecule has 0 bridgehead atoms. The monoisotopic (exact) mass is 245 g/mol. The molecule has 0 aliphatic carbocycles. The van der Waals surface area contributed by atoms with Crippen molar-refractivity contribution in [3.05, 3.63) is 41.7 Å². The van der Waals surface area contributed by atoms with Crippen LogP contribution >= 0.6 is 0 Å². The van der Waals surface area contributed by atoms with Gasteiger partial charge in [0, 0.05) is 18.1 Å². The van der Waals surface area contributed by atoms with Gasteiger partial charge in [-0.2, -0.15) is 10.2 Å². The van der Waals surface area contributed by atoms with Gasteiger partial charge in [0.05, 0.1) is 6.20 Å². The van der Waals surface area contributed by atoms with Crippen LogP contribution in [-0.4, -0.2) is 31.9 Å². The fourth-order valence-electron chi connectivity index (χ4n) is 1.19. The number of carbonyl (C=O) groups is 1. The lowest BCUT2D eigenvalue weighted by Crippen LogP contribution is -2.24. The predicted octanol–water partition coefficient (Wildman–Crippen LogP) is -0.442. The second-order valence-corrected chi connectivity index (χ2v) is 3.46. The molecule has 8 nitrogen and oxygen atoms in total. The number of nitrogens with two attached hydrogens (primary N) is 1. The molecule has 0 aromatic carbocycles. The number of carbonyl (C=O) groups excluding carboxylic acids is 1. The van der Waals surface area contributed by atoms with Crippen LogP contribution in [0.3, 0.4) is 0 Å². The van der Waals surface area contributed by atoms with Gasteiger partial charge in [0.15, 0.2) is 11.5 Å². The number of amides is 1.